The second-order valence-corrected chi connectivity index (χ2v) is 4.05. The van der Waals surface area contributed by atoms with Crippen molar-refractivity contribution in [3.63, 3.8) is 0 Å². The monoisotopic (exact) mass is 163 g/mol. The summed E-state index contributed by atoms with van der Waals surface area (Å²) in [5, 5.41) is 0. The molecule has 0 saturated carbocycles. The molecule has 2 aliphatic rings. The topological polar surface area (TPSA) is 3.24 Å². The molecular formula is C11H17N. The molecule has 0 radical (unpaired) electrons. The Balaban J connectivity index is 2.20. The van der Waals surface area contributed by atoms with E-state index in [1.807, 2.05) is 0 Å². The van der Waals surface area contributed by atoms with Crippen LogP contribution in [0.5, 0.6) is 0 Å². The average molecular weight is 163 g/mol. The second-order valence-electron chi connectivity index (χ2n) is 4.05. The van der Waals surface area contributed by atoms with Crippen LogP contribution < -0.4 is 0 Å². The Hall–Kier alpha value is -0.560. The van der Waals surface area contributed by atoms with Crippen molar-refractivity contribution in [3.05, 3.63) is 23.8 Å². The van der Waals surface area contributed by atoms with E-state index in [0.717, 1.165) is 0 Å². The first-order chi connectivity index (χ1) is 5.73. The Labute approximate surface area is 74.8 Å². The number of nitrogens with zero attached hydrogens (tertiary/aromatic N) is 1. The van der Waals surface area contributed by atoms with Crippen molar-refractivity contribution in [2.45, 2.75) is 32.2 Å². The van der Waals surface area contributed by atoms with Crippen LogP contribution in [0, 0.1) is 0 Å². The molecule has 0 aromatic rings. The summed E-state index contributed by atoms with van der Waals surface area (Å²) in [6.07, 6.45) is 9.49. The van der Waals surface area contributed by atoms with Gasteiger partial charge in [-0.05, 0) is 45.4 Å². The van der Waals surface area contributed by atoms with Gasteiger partial charge in [0.15, 0.2) is 0 Å². The maximum atomic E-state index is 2.59. The highest BCUT2D eigenvalue weighted by Crippen LogP contribution is 2.32. The quantitative estimate of drug-likeness (QED) is 0.573. The molecule has 1 saturated heterocycles. The van der Waals surface area contributed by atoms with Crippen LogP contribution in [0.15, 0.2) is 23.8 Å². The van der Waals surface area contributed by atoms with Crippen LogP contribution in [-0.4, -0.2) is 23.5 Å². The lowest BCUT2D eigenvalue weighted by atomic mass is 9.95. The zero-order valence-corrected chi connectivity index (χ0v) is 8.01. The molecule has 0 spiro atoms. The number of hydrogen-bond donors (Lipinski definition) is 0. The van der Waals surface area contributed by atoms with Crippen molar-refractivity contribution >= 4 is 0 Å². The first kappa shape index (κ1) is 8.06. The van der Waals surface area contributed by atoms with Crippen molar-refractivity contribution in [3.8, 4) is 0 Å². The second kappa shape index (κ2) is 2.74. The smallest absolute Gasteiger partial charge is 0.0579 e. The van der Waals surface area contributed by atoms with Crippen LogP contribution >= 0.6 is 0 Å². The molecule has 0 bridgehead atoms. The Morgan fingerprint density at radius 1 is 1.33 bits per heavy atom. The Morgan fingerprint density at radius 2 is 2.00 bits per heavy atom. The summed E-state index contributed by atoms with van der Waals surface area (Å²) in [6.45, 7) is 7.10. The van der Waals surface area contributed by atoms with E-state index in [0.29, 0.717) is 0 Å². The normalized spacial score (nSPS) is 36.0. The lowest BCUT2D eigenvalue weighted by Gasteiger charge is -2.35. The van der Waals surface area contributed by atoms with Crippen molar-refractivity contribution in [1.29, 1.82) is 0 Å². The van der Waals surface area contributed by atoms with Crippen LogP contribution in [-0.2, 0) is 0 Å². The molecule has 66 valence electrons. The number of hydrogen-bond acceptors (Lipinski definition) is 1. The highest BCUT2D eigenvalue weighted by Gasteiger charge is 2.34. The third kappa shape index (κ3) is 1.04. The molecule has 0 aromatic heterocycles. The zero-order valence-electron chi connectivity index (χ0n) is 8.01. The average Bonchev–Trinajstić information content (AvgIpc) is 2.62. The molecule has 0 amide bonds. The molecule has 2 rings (SSSR count). The van der Waals surface area contributed by atoms with E-state index < -0.39 is 0 Å². The lowest BCUT2D eigenvalue weighted by Crippen LogP contribution is -2.42. The van der Waals surface area contributed by atoms with E-state index in [1.165, 1.54) is 31.5 Å². The van der Waals surface area contributed by atoms with E-state index in [4.69, 9.17) is 0 Å². The van der Waals surface area contributed by atoms with E-state index in [-0.39, 0.29) is 5.54 Å². The molecule has 1 atom stereocenters. The van der Waals surface area contributed by atoms with Crippen molar-refractivity contribution in [2.75, 3.05) is 13.1 Å². The van der Waals surface area contributed by atoms with Gasteiger partial charge in [-0.15, -0.1) is 0 Å². The van der Waals surface area contributed by atoms with Gasteiger partial charge in [0.25, 0.3) is 0 Å². The van der Waals surface area contributed by atoms with Crippen LogP contribution in [0.2, 0.25) is 0 Å². The minimum absolute atomic E-state index is 0.247. The summed E-state index contributed by atoms with van der Waals surface area (Å²) in [6, 6.07) is 0. The van der Waals surface area contributed by atoms with E-state index in [9.17, 15) is 0 Å². The van der Waals surface area contributed by atoms with Crippen LogP contribution in [0.25, 0.3) is 0 Å². The predicted octanol–water partition coefficient (Wildman–Crippen LogP) is 2.36. The minimum atomic E-state index is 0.247. The van der Waals surface area contributed by atoms with Crippen LogP contribution in [0.1, 0.15) is 26.7 Å². The van der Waals surface area contributed by atoms with Crippen molar-refractivity contribution in [2.24, 2.45) is 0 Å². The first-order valence-electron chi connectivity index (χ1n) is 4.85. The van der Waals surface area contributed by atoms with E-state index in [1.54, 1.807) is 0 Å². The lowest BCUT2D eigenvalue weighted by molar-refractivity contribution is 0.223. The highest BCUT2D eigenvalue weighted by molar-refractivity contribution is 5.36. The molecule has 1 aliphatic heterocycles. The summed E-state index contributed by atoms with van der Waals surface area (Å²) in [7, 11) is 0. The summed E-state index contributed by atoms with van der Waals surface area (Å²) in [5.74, 6) is 0. The molecule has 12 heavy (non-hydrogen) atoms. The van der Waals surface area contributed by atoms with Crippen LogP contribution in [0.4, 0.5) is 0 Å². The van der Waals surface area contributed by atoms with Gasteiger partial charge in [0, 0.05) is 0 Å². The maximum absolute atomic E-state index is 2.59. The summed E-state index contributed by atoms with van der Waals surface area (Å²) >= 11 is 0. The van der Waals surface area contributed by atoms with E-state index in [2.05, 4.69) is 37.0 Å². The predicted molar refractivity (Wildman–Crippen MR) is 52.1 cm³/mol. The van der Waals surface area contributed by atoms with Gasteiger partial charge in [-0.1, -0.05) is 18.2 Å². The van der Waals surface area contributed by atoms with Gasteiger partial charge < -0.3 is 0 Å². The van der Waals surface area contributed by atoms with Crippen LogP contribution in [0.3, 0.4) is 0 Å². The number of rotatable bonds is 1. The fraction of sp³-hybridized carbons (Fsp3) is 0.636. The molecule has 1 heteroatoms. The van der Waals surface area contributed by atoms with Gasteiger partial charge in [-0.2, -0.15) is 0 Å². The van der Waals surface area contributed by atoms with Gasteiger partial charge in [0.2, 0.25) is 0 Å². The van der Waals surface area contributed by atoms with Gasteiger partial charge in [0.05, 0.1) is 5.54 Å². The Bertz CT molecular complexity index is 233. The Kier molecular flexibility index (Phi) is 1.84. The zero-order chi connectivity index (χ0) is 8.60. The SMILES string of the molecule is CC1=CC=CC1(C)N1CCCC1. The molecule has 1 fully saturated rings. The molecule has 1 aliphatic carbocycles. The third-order valence-electron chi connectivity index (χ3n) is 3.33. The third-order valence-corrected chi connectivity index (χ3v) is 3.33. The highest BCUT2D eigenvalue weighted by atomic mass is 15.2. The minimum Gasteiger partial charge on any atom is -0.291 e. The maximum Gasteiger partial charge on any atom is 0.0579 e. The molecule has 1 unspecified atom stereocenters. The Morgan fingerprint density at radius 3 is 2.50 bits per heavy atom. The number of allylic oxidation sites excluding steroid dienone is 2. The molecule has 0 N–H and O–H groups in total. The summed E-state index contributed by atoms with van der Waals surface area (Å²) in [5.41, 5.74) is 1.74. The largest absolute Gasteiger partial charge is 0.291 e. The molecule has 0 aromatic carbocycles. The summed E-state index contributed by atoms with van der Waals surface area (Å²) in [4.78, 5) is 2.59. The van der Waals surface area contributed by atoms with Gasteiger partial charge in [-0.25, -0.2) is 0 Å². The summed E-state index contributed by atoms with van der Waals surface area (Å²) < 4.78 is 0. The fourth-order valence-corrected chi connectivity index (χ4v) is 2.22. The molecule has 1 nitrogen and oxygen atoms in total. The molecular weight excluding hydrogens is 146 g/mol. The van der Waals surface area contributed by atoms with Gasteiger partial charge >= 0.3 is 0 Å². The molecule has 1 heterocycles. The van der Waals surface area contributed by atoms with E-state index >= 15 is 0 Å². The van der Waals surface area contributed by atoms with Crippen molar-refractivity contribution < 1.29 is 0 Å². The number of likely N-dealkylation sites (tertiary alicyclic amines) is 1. The van der Waals surface area contributed by atoms with Gasteiger partial charge in [0.1, 0.15) is 0 Å². The van der Waals surface area contributed by atoms with Gasteiger partial charge in [-0.3, -0.25) is 4.90 Å². The standard InChI is InChI=1S/C11H17N/c1-10-6-5-7-11(10,2)12-8-3-4-9-12/h5-7H,3-4,8-9H2,1-2H3. The fourth-order valence-electron chi connectivity index (χ4n) is 2.22. The first-order valence-corrected chi connectivity index (χ1v) is 4.85. The van der Waals surface area contributed by atoms with Crippen molar-refractivity contribution in [1.82, 2.24) is 4.90 Å².